The molecule has 0 fully saturated rings. The van der Waals surface area contributed by atoms with Crippen LogP contribution in [0.15, 0.2) is 84.0 Å². The second-order valence-corrected chi connectivity index (χ2v) is 7.63. The number of carbonyl (C=O) groups excluding carboxylic acids is 1. The first-order chi connectivity index (χ1) is 15.7. The Balaban J connectivity index is 1.63. The zero-order valence-corrected chi connectivity index (χ0v) is 18.0. The molecule has 0 atom stereocenters. The molecule has 8 heteroatoms. The van der Waals surface area contributed by atoms with Crippen LogP contribution < -0.4 is 10.1 Å². The first kappa shape index (κ1) is 21.2. The lowest BCUT2D eigenvalue weighted by atomic mass is 10.1. The minimum atomic E-state index is -0.171. The van der Waals surface area contributed by atoms with Crippen LogP contribution in [0.1, 0.15) is 10.4 Å². The predicted octanol–water partition coefficient (Wildman–Crippen LogP) is 4.81. The number of anilines is 1. The lowest BCUT2D eigenvalue weighted by Gasteiger charge is -2.11. The summed E-state index contributed by atoms with van der Waals surface area (Å²) in [4.78, 5) is 12.4. The Morgan fingerprint density at radius 1 is 1.03 bits per heavy atom. The van der Waals surface area contributed by atoms with E-state index in [1.54, 1.807) is 19.2 Å². The van der Waals surface area contributed by atoms with E-state index in [4.69, 9.17) is 10.00 Å². The molecule has 4 rings (SSSR count). The summed E-state index contributed by atoms with van der Waals surface area (Å²) in [6.45, 7) is 0. The van der Waals surface area contributed by atoms with Gasteiger partial charge in [-0.05, 0) is 60.7 Å². The van der Waals surface area contributed by atoms with Gasteiger partial charge >= 0.3 is 0 Å². The number of aromatic nitrogens is 3. The SMILES string of the molecule is COc1ccc(-n2c(SCC#N)nnc2-c2ccc(NC(=O)c3ccccc3)cc2)cc1. The van der Waals surface area contributed by atoms with Crippen molar-refractivity contribution in [1.29, 1.82) is 5.26 Å². The van der Waals surface area contributed by atoms with E-state index in [2.05, 4.69) is 21.6 Å². The number of thioether (sulfide) groups is 1. The number of nitriles is 1. The van der Waals surface area contributed by atoms with Gasteiger partial charge in [0, 0.05) is 22.5 Å². The summed E-state index contributed by atoms with van der Waals surface area (Å²) < 4.78 is 7.15. The number of nitrogens with zero attached hydrogens (tertiary/aromatic N) is 4. The molecule has 1 heterocycles. The predicted molar refractivity (Wildman–Crippen MR) is 124 cm³/mol. The minimum Gasteiger partial charge on any atom is -0.497 e. The fourth-order valence-corrected chi connectivity index (χ4v) is 3.72. The molecular weight excluding hydrogens is 422 g/mol. The Kier molecular flexibility index (Phi) is 6.49. The van der Waals surface area contributed by atoms with Gasteiger partial charge in [-0.25, -0.2) is 0 Å². The summed E-state index contributed by atoms with van der Waals surface area (Å²) in [5.41, 5.74) is 2.95. The van der Waals surface area contributed by atoms with Gasteiger partial charge in [-0.1, -0.05) is 30.0 Å². The third-order valence-corrected chi connectivity index (χ3v) is 5.46. The van der Waals surface area contributed by atoms with Crippen molar-refractivity contribution in [2.75, 3.05) is 18.2 Å². The summed E-state index contributed by atoms with van der Waals surface area (Å²) in [5, 5.41) is 21.1. The maximum Gasteiger partial charge on any atom is 0.255 e. The molecule has 158 valence electrons. The third-order valence-electron chi connectivity index (χ3n) is 4.67. The van der Waals surface area contributed by atoms with Gasteiger partial charge in [0.2, 0.25) is 0 Å². The number of benzene rings is 3. The average molecular weight is 442 g/mol. The fraction of sp³-hybridized carbons (Fsp3) is 0.0833. The van der Waals surface area contributed by atoms with E-state index in [0.29, 0.717) is 22.2 Å². The largest absolute Gasteiger partial charge is 0.497 e. The topological polar surface area (TPSA) is 92.8 Å². The Hall–Kier alpha value is -4.09. The lowest BCUT2D eigenvalue weighted by molar-refractivity contribution is 0.102. The molecule has 0 aliphatic heterocycles. The van der Waals surface area contributed by atoms with Gasteiger partial charge in [0.25, 0.3) is 5.91 Å². The van der Waals surface area contributed by atoms with Crippen LogP contribution in [-0.4, -0.2) is 33.5 Å². The first-order valence-corrected chi connectivity index (χ1v) is 10.7. The number of methoxy groups -OCH3 is 1. The summed E-state index contributed by atoms with van der Waals surface area (Å²) in [5.74, 6) is 1.47. The van der Waals surface area contributed by atoms with Gasteiger partial charge in [-0.3, -0.25) is 9.36 Å². The Bertz CT molecular complexity index is 1250. The minimum absolute atomic E-state index is 0.171. The molecule has 32 heavy (non-hydrogen) atoms. The van der Waals surface area contributed by atoms with E-state index in [1.165, 1.54) is 11.8 Å². The van der Waals surface area contributed by atoms with Crippen LogP contribution >= 0.6 is 11.8 Å². The van der Waals surface area contributed by atoms with Gasteiger partial charge in [0.15, 0.2) is 11.0 Å². The zero-order valence-electron chi connectivity index (χ0n) is 17.2. The molecule has 1 aromatic heterocycles. The van der Waals surface area contributed by atoms with Crippen molar-refractivity contribution in [3.8, 4) is 28.9 Å². The zero-order chi connectivity index (χ0) is 22.3. The molecule has 0 radical (unpaired) electrons. The lowest BCUT2D eigenvalue weighted by Crippen LogP contribution is -2.11. The molecule has 0 unspecified atom stereocenters. The standard InChI is InChI=1S/C24H19N5O2S/c1-31-21-13-11-20(12-14-21)29-22(27-28-24(29)32-16-15-25)17-7-9-19(10-8-17)26-23(30)18-5-3-2-4-6-18/h2-14H,16H2,1H3,(H,26,30). The second kappa shape index (κ2) is 9.81. The molecule has 0 bridgehead atoms. The summed E-state index contributed by atoms with van der Waals surface area (Å²) >= 11 is 1.32. The maximum absolute atomic E-state index is 12.4. The molecular formula is C24H19N5O2S. The van der Waals surface area contributed by atoms with Crippen molar-refractivity contribution >= 4 is 23.4 Å². The van der Waals surface area contributed by atoms with E-state index in [9.17, 15) is 4.79 Å². The molecule has 7 nitrogen and oxygen atoms in total. The van der Waals surface area contributed by atoms with E-state index in [-0.39, 0.29) is 11.7 Å². The van der Waals surface area contributed by atoms with Crippen LogP contribution in [0, 0.1) is 11.3 Å². The van der Waals surface area contributed by atoms with Crippen molar-refractivity contribution in [2.45, 2.75) is 5.16 Å². The molecule has 0 spiro atoms. The van der Waals surface area contributed by atoms with E-state index >= 15 is 0 Å². The van der Waals surface area contributed by atoms with Crippen LogP contribution in [0.5, 0.6) is 5.75 Å². The van der Waals surface area contributed by atoms with Crippen LogP contribution in [0.2, 0.25) is 0 Å². The Morgan fingerprint density at radius 3 is 2.41 bits per heavy atom. The Labute approximate surface area is 189 Å². The molecule has 0 aliphatic rings. The highest BCUT2D eigenvalue weighted by molar-refractivity contribution is 7.99. The van der Waals surface area contributed by atoms with Crippen LogP contribution in [0.3, 0.4) is 0 Å². The molecule has 0 saturated heterocycles. The number of amides is 1. The van der Waals surface area contributed by atoms with Crippen LogP contribution in [-0.2, 0) is 0 Å². The van der Waals surface area contributed by atoms with E-state index in [1.807, 2.05) is 71.3 Å². The summed E-state index contributed by atoms with van der Waals surface area (Å²) in [7, 11) is 1.62. The monoisotopic (exact) mass is 441 g/mol. The van der Waals surface area contributed by atoms with Crippen molar-refractivity contribution < 1.29 is 9.53 Å². The molecule has 1 amide bonds. The fourth-order valence-electron chi connectivity index (χ4n) is 3.11. The highest BCUT2D eigenvalue weighted by Gasteiger charge is 2.16. The molecule has 1 N–H and O–H groups in total. The summed E-state index contributed by atoms with van der Waals surface area (Å²) in [6, 6.07) is 26.1. The van der Waals surface area contributed by atoms with Gasteiger partial charge in [-0.2, -0.15) is 5.26 Å². The molecule has 0 saturated carbocycles. The number of nitrogens with one attached hydrogen (secondary N) is 1. The molecule has 0 aliphatic carbocycles. The number of ether oxygens (including phenoxy) is 1. The first-order valence-electron chi connectivity index (χ1n) is 9.76. The highest BCUT2D eigenvalue weighted by Crippen LogP contribution is 2.29. The number of rotatable bonds is 7. The Morgan fingerprint density at radius 2 is 1.75 bits per heavy atom. The molecule has 4 aromatic rings. The number of hydrogen-bond acceptors (Lipinski definition) is 6. The van der Waals surface area contributed by atoms with Crippen molar-refractivity contribution in [1.82, 2.24) is 14.8 Å². The summed E-state index contributed by atoms with van der Waals surface area (Å²) in [6.07, 6.45) is 0. The van der Waals surface area contributed by atoms with E-state index in [0.717, 1.165) is 17.0 Å². The van der Waals surface area contributed by atoms with Gasteiger partial charge in [0.1, 0.15) is 5.75 Å². The van der Waals surface area contributed by atoms with Gasteiger partial charge in [0.05, 0.1) is 18.9 Å². The quantitative estimate of drug-likeness (QED) is 0.414. The normalized spacial score (nSPS) is 10.4. The van der Waals surface area contributed by atoms with Gasteiger partial charge in [-0.15, -0.1) is 10.2 Å². The third kappa shape index (κ3) is 4.63. The highest BCUT2D eigenvalue weighted by atomic mass is 32.2. The van der Waals surface area contributed by atoms with Crippen LogP contribution in [0.25, 0.3) is 17.1 Å². The van der Waals surface area contributed by atoms with Gasteiger partial charge < -0.3 is 10.1 Å². The van der Waals surface area contributed by atoms with Crippen LogP contribution in [0.4, 0.5) is 5.69 Å². The maximum atomic E-state index is 12.4. The molecule has 3 aromatic carbocycles. The van der Waals surface area contributed by atoms with Crippen molar-refractivity contribution in [3.05, 3.63) is 84.4 Å². The average Bonchev–Trinajstić information content (AvgIpc) is 3.27. The van der Waals surface area contributed by atoms with Crippen molar-refractivity contribution in [2.24, 2.45) is 0 Å². The number of hydrogen-bond donors (Lipinski definition) is 1. The smallest absolute Gasteiger partial charge is 0.255 e. The van der Waals surface area contributed by atoms with Crippen molar-refractivity contribution in [3.63, 3.8) is 0 Å². The van der Waals surface area contributed by atoms with E-state index < -0.39 is 0 Å². The second-order valence-electron chi connectivity index (χ2n) is 6.68. The number of carbonyl (C=O) groups is 1.